The second kappa shape index (κ2) is 8.04. The lowest BCUT2D eigenvalue weighted by atomic mass is 10.1. The van der Waals surface area contributed by atoms with Gasteiger partial charge in [-0.25, -0.2) is 4.79 Å². The fourth-order valence-corrected chi connectivity index (χ4v) is 1.47. The van der Waals surface area contributed by atoms with Gasteiger partial charge >= 0.3 is 5.97 Å². The molecule has 4 nitrogen and oxygen atoms in total. The summed E-state index contributed by atoms with van der Waals surface area (Å²) in [5, 5.41) is 8.70. The number of ether oxygens (including phenoxy) is 2. The van der Waals surface area contributed by atoms with E-state index in [0.29, 0.717) is 23.7 Å². The molecule has 1 N–H and O–H groups in total. The van der Waals surface area contributed by atoms with E-state index in [0.717, 1.165) is 12.5 Å². The van der Waals surface area contributed by atoms with E-state index in [9.17, 15) is 4.79 Å². The first-order chi connectivity index (χ1) is 9.56. The second-order valence-electron chi connectivity index (χ2n) is 4.28. The maximum absolute atomic E-state index is 10.6. The monoisotopic (exact) mass is 276 g/mol. The number of rotatable bonds is 8. The van der Waals surface area contributed by atoms with E-state index in [1.165, 1.54) is 6.08 Å². The van der Waals surface area contributed by atoms with Gasteiger partial charge in [0.05, 0.1) is 6.61 Å². The van der Waals surface area contributed by atoms with Gasteiger partial charge in [-0.05, 0) is 31.6 Å². The third kappa shape index (κ3) is 5.18. The molecule has 0 bridgehead atoms. The van der Waals surface area contributed by atoms with E-state index in [1.54, 1.807) is 24.3 Å². The van der Waals surface area contributed by atoms with Crippen molar-refractivity contribution in [3.05, 3.63) is 42.5 Å². The molecule has 0 amide bonds. The number of benzene rings is 1. The van der Waals surface area contributed by atoms with Gasteiger partial charge in [-0.15, -0.1) is 0 Å². The van der Waals surface area contributed by atoms with Crippen molar-refractivity contribution in [1.82, 2.24) is 0 Å². The minimum atomic E-state index is -1.00. The summed E-state index contributed by atoms with van der Waals surface area (Å²) in [7, 11) is 0. The number of hydrogen-bond acceptors (Lipinski definition) is 3. The molecule has 0 aliphatic heterocycles. The van der Waals surface area contributed by atoms with Crippen LogP contribution in [0.1, 0.15) is 25.8 Å². The number of hydrogen-bond donors (Lipinski definition) is 1. The van der Waals surface area contributed by atoms with E-state index in [1.807, 2.05) is 13.8 Å². The summed E-state index contributed by atoms with van der Waals surface area (Å²) in [6.07, 6.45) is 4.99. The molecular weight excluding hydrogens is 256 g/mol. The lowest BCUT2D eigenvalue weighted by Crippen LogP contribution is -2.08. The van der Waals surface area contributed by atoms with Crippen LogP contribution in [0.5, 0.6) is 11.5 Å². The zero-order chi connectivity index (χ0) is 15.0. The van der Waals surface area contributed by atoms with Gasteiger partial charge in [-0.2, -0.15) is 0 Å². The van der Waals surface area contributed by atoms with Crippen LogP contribution in [-0.2, 0) is 4.79 Å². The zero-order valence-corrected chi connectivity index (χ0v) is 11.8. The molecule has 1 unspecified atom stereocenters. The van der Waals surface area contributed by atoms with Crippen molar-refractivity contribution in [3.8, 4) is 11.5 Å². The topological polar surface area (TPSA) is 55.8 Å². The summed E-state index contributed by atoms with van der Waals surface area (Å²) in [4.78, 5) is 10.6. The molecule has 0 saturated carbocycles. The van der Waals surface area contributed by atoms with Crippen LogP contribution in [0.2, 0.25) is 0 Å². The summed E-state index contributed by atoms with van der Waals surface area (Å²) >= 11 is 0. The van der Waals surface area contributed by atoms with E-state index in [2.05, 4.69) is 6.58 Å². The average Bonchev–Trinajstić information content (AvgIpc) is 2.43. The molecule has 0 heterocycles. The van der Waals surface area contributed by atoms with Crippen molar-refractivity contribution in [2.75, 3.05) is 6.61 Å². The molecule has 1 rings (SSSR count). The van der Waals surface area contributed by atoms with Crippen molar-refractivity contribution in [2.24, 2.45) is 0 Å². The Morgan fingerprint density at radius 3 is 2.85 bits per heavy atom. The third-order valence-corrected chi connectivity index (χ3v) is 2.51. The number of carboxylic acid groups (broad SMARTS) is 1. The minimum absolute atomic E-state index is 0.173. The van der Waals surface area contributed by atoms with Crippen LogP contribution < -0.4 is 9.47 Å². The van der Waals surface area contributed by atoms with Gasteiger partial charge in [-0.1, -0.05) is 19.6 Å². The number of carboxylic acids is 1. The first kappa shape index (κ1) is 15.8. The Bertz CT molecular complexity index is 491. The third-order valence-electron chi connectivity index (χ3n) is 2.51. The molecule has 0 spiro atoms. The molecular formula is C16H20O4. The smallest absolute Gasteiger partial charge is 0.328 e. The van der Waals surface area contributed by atoms with Crippen LogP contribution in [0.25, 0.3) is 6.08 Å². The average molecular weight is 276 g/mol. The molecule has 0 aromatic heterocycles. The molecule has 0 aliphatic carbocycles. The molecule has 1 aromatic carbocycles. The summed E-state index contributed by atoms with van der Waals surface area (Å²) in [6, 6.07) is 5.33. The largest absolute Gasteiger partial charge is 0.493 e. The van der Waals surface area contributed by atoms with Gasteiger partial charge in [0, 0.05) is 17.7 Å². The predicted octanol–water partition coefficient (Wildman–Crippen LogP) is 3.53. The molecule has 1 atom stereocenters. The van der Waals surface area contributed by atoms with Crippen molar-refractivity contribution >= 4 is 12.0 Å². The Labute approximate surface area is 119 Å². The van der Waals surface area contributed by atoms with Gasteiger partial charge in [0.15, 0.2) is 0 Å². The number of aliphatic carboxylic acids is 1. The van der Waals surface area contributed by atoms with Gasteiger partial charge < -0.3 is 14.6 Å². The first-order valence-corrected chi connectivity index (χ1v) is 6.54. The fraction of sp³-hybridized carbons (Fsp3) is 0.312. The molecule has 4 heteroatoms. The summed E-state index contributed by atoms with van der Waals surface area (Å²) < 4.78 is 11.3. The number of carbonyl (C=O) groups is 1. The fourth-order valence-electron chi connectivity index (χ4n) is 1.47. The quantitative estimate of drug-likeness (QED) is 0.583. The van der Waals surface area contributed by atoms with Crippen LogP contribution in [0.15, 0.2) is 36.9 Å². The molecule has 0 fully saturated rings. The first-order valence-electron chi connectivity index (χ1n) is 6.54. The Hall–Kier alpha value is -2.23. The highest BCUT2D eigenvalue weighted by Gasteiger charge is 2.07. The normalized spacial score (nSPS) is 12.1. The summed E-state index contributed by atoms with van der Waals surface area (Å²) in [5.74, 6) is 0.271. The molecule has 20 heavy (non-hydrogen) atoms. The zero-order valence-electron chi connectivity index (χ0n) is 11.8. The maximum Gasteiger partial charge on any atom is 0.328 e. The van der Waals surface area contributed by atoms with Crippen molar-refractivity contribution in [3.63, 3.8) is 0 Å². The summed E-state index contributed by atoms with van der Waals surface area (Å²) in [5.41, 5.74) is 0.685. The highest BCUT2D eigenvalue weighted by molar-refractivity contribution is 5.86. The van der Waals surface area contributed by atoms with Gasteiger partial charge in [0.25, 0.3) is 0 Å². The predicted molar refractivity (Wildman–Crippen MR) is 79.2 cm³/mol. The van der Waals surface area contributed by atoms with Gasteiger partial charge in [0.1, 0.15) is 17.6 Å². The van der Waals surface area contributed by atoms with Crippen LogP contribution in [0.4, 0.5) is 0 Å². The highest BCUT2D eigenvalue weighted by atomic mass is 16.5. The van der Waals surface area contributed by atoms with Crippen molar-refractivity contribution in [2.45, 2.75) is 26.4 Å². The molecule has 0 radical (unpaired) electrons. The SMILES string of the molecule is C=CC(C)Oc1cc(OCCC)ccc1C=CC(=O)O. The van der Waals surface area contributed by atoms with Crippen LogP contribution >= 0.6 is 0 Å². The van der Waals surface area contributed by atoms with E-state index in [-0.39, 0.29) is 6.10 Å². The van der Waals surface area contributed by atoms with E-state index >= 15 is 0 Å². The molecule has 0 saturated heterocycles. The van der Waals surface area contributed by atoms with E-state index < -0.39 is 5.97 Å². The maximum atomic E-state index is 10.6. The van der Waals surface area contributed by atoms with Gasteiger partial charge in [-0.3, -0.25) is 0 Å². The second-order valence-corrected chi connectivity index (χ2v) is 4.28. The molecule has 0 aliphatic rings. The minimum Gasteiger partial charge on any atom is -0.493 e. The van der Waals surface area contributed by atoms with Crippen molar-refractivity contribution in [1.29, 1.82) is 0 Å². The Morgan fingerprint density at radius 1 is 1.50 bits per heavy atom. The van der Waals surface area contributed by atoms with Crippen LogP contribution in [0, 0.1) is 0 Å². The standard InChI is InChI=1S/C16H20O4/c1-4-10-19-14-8-6-13(7-9-16(17)18)15(11-14)20-12(3)5-2/h5-9,11-12H,2,4,10H2,1,3H3,(H,17,18). The van der Waals surface area contributed by atoms with Crippen LogP contribution in [0.3, 0.4) is 0 Å². The van der Waals surface area contributed by atoms with Gasteiger partial charge in [0.2, 0.25) is 0 Å². The summed E-state index contributed by atoms with van der Waals surface area (Å²) in [6.45, 7) is 8.18. The van der Waals surface area contributed by atoms with Crippen LogP contribution in [-0.4, -0.2) is 23.8 Å². The molecule has 108 valence electrons. The lowest BCUT2D eigenvalue weighted by molar-refractivity contribution is -0.131. The highest BCUT2D eigenvalue weighted by Crippen LogP contribution is 2.27. The molecule has 1 aromatic rings. The van der Waals surface area contributed by atoms with Crippen molar-refractivity contribution < 1.29 is 19.4 Å². The Balaban J connectivity index is 3.02. The lowest BCUT2D eigenvalue weighted by Gasteiger charge is -2.15. The van der Waals surface area contributed by atoms with E-state index in [4.69, 9.17) is 14.6 Å². The Morgan fingerprint density at radius 2 is 2.25 bits per heavy atom. The Kier molecular flexibility index (Phi) is 6.37.